The summed E-state index contributed by atoms with van der Waals surface area (Å²) in [5, 5.41) is 12.7. The Morgan fingerprint density at radius 2 is 2.25 bits per heavy atom. The summed E-state index contributed by atoms with van der Waals surface area (Å²) in [7, 11) is 0. The first-order valence-corrected chi connectivity index (χ1v) is 7.04. The summed E-state index contributed by atoms with van der Waals surface area (Å²) < 4.78 is 19.6. The molecule has 0 amide bonds. The topological polar surface area (TPSA) is 45.0 Å². The second-order valence-corrected chi connectivity index (χ2v) is 5.88. The number of nitrogens with zero attached hydrogens (tertiary/aromatic N) is 1. The zero-order valence-electron chi connectivity index (χ0n) is 12.2. The van der Waals surface area contributed by atoms with Crippen molar-refractivity contribution in [3.05, 3.63) is 29.6 Å². The molecule has 1 aromatic carbocycles. The third-order valence-corrected chi connectivity index (χ3v) is 3.53. The standard InChI is InChI=1S/C16H21FN2O/c1-11-5-4-6-14(15(11)17)20-12(2)9-16(3,10-18)19-13-7-8-13/h4-6,12-13,19H,7-9H2,1-3H3. The van der Waals surface area contributed by atoms with Crippen molar-refractivity contribution in [2.24, 2.45) is 0 Å². The molecule has 0 radical (unpaired) electrons. The fourth-order valence-electron chi connectivity index (χ4n) is 2.36. The Morgan fingerprint density at radius 3 is 2.85 bits per heavy atom. The van der Waals surface area contributed by atoms with E-state index >= 15 is 0 Å². The minimum absolute atomic E-state index is 0.234. The van der Waals surface area contributed by atoms with Gasteiger partial charge in [-0.05, 0) is 45.2 Å². The van der Waals surface area contributed by atoms with E-state index in [0.29, 0.717) is 18.0 Å². The van der Waals surface area contributed by atoms with E-state index in [4.69, 9.17) is 4.74 Å². The van der Waals surface area contributed by atoms with Crippen LogP contribution in [0.1, 0.15) is 38.7 Å². The molecule has 0 aliphatic heterocycles. The lowest BCUT2D eigenvalue weighted by molar-refractivity contribution is 0.172. The van der Waals surface area contributed by atoms with Crippen LogP contribution < -0.4 is 10.1 Å². The van der Waals surface area contributed by atoms with Gasteiger partial charge in [0.25, 0.3) is 0 Å². The summed E-state index contributed by atoms with van der Waals surface area (Å²) in [4.78, 5) is 0. The number of nitriles is 1. The molecular weight excluding hydrogens is 255 g/mol. The van der Waals surface area contributed by atoms with Crippen molar-refractivity contribution in [2.45, 2.75) is 57.7 Å². The number of halogens is 1. The van der Waals surface area contributed by atoms with Crippen molar-refractivity contribution >= 4 is 0 Å². The average Bonchev–Trinajstić information content (AvgIpc) is 3.18. The molecule has 1 fully saturated rings. The van der Waals surface area contributed by atoms with Crippen molar-refractivity contribution in [3.8, 4) is 11.8 Å². The van der Waals surface area contributed by atoms with Crippen LogP contribution in [0.15, 0.2) is 18.2 Å². The highest BCUT2D eigenvalue weighted by Crippen LogP contribution is 2.26. The van der Waals surface area contributed by atoms with Crippen LogP contribution in [0.25, 0.3) is 0 Å². The first-order valence-electron chi connectivity index (χ1n) is 7.04. The summed E-state index contributed by atoms with van der Waals surface area (Å²) in [5.74, 6) is -0.0719. The summed E-state index contributed by atoms with van der Waals surface area (Å²) >= 11 is 0. The first kappa shape index (κ1) is 14.8. The van der Waals surface area contributed by atoms with Gasteiger partial charge in [-0.2, -0.15) is 5.26 Å². The molecule has 0 bridgehead atoms. The molecule has 2 unspecified atom stereocenters. The summed E-state index contributed by atoms with van der Waals surface area (Å²) in [6.07, 6.45) is 2.54. The van der Waals surface area contributed by atoms with E-state index in [1.54, 1.807) is 25.1 Å². The third kappa shape index (κ3) is 3.71. The zero-order valence-corrected chi connectivity index (χ0v) is 12.2. The molecule has 0 aromatic heterocycles. The normalized spacial score (nSPS) is 18.9. The Morgan fingerprint density at radius 1 is 1.55 bits per heavy atom. The molecule has 0 heterocycles. The second-order valence-electron chi connectivity index (χ2n) is 5.88. The van der Waals surface area contributed by atoms with Gasteiger partial charge in [0.15, 0.2) is 11.6 Å². The van der Waals surface area contributed by atoms with E-state index in [0.717, 1.165) is 12.8 Å². The van der Waals surface area contributed by atoms with E-state index in [1.165, 1.54) is 0 Å². The minimum Gasteiger partial charge on any atom is -0.488 e. The van der Waals surface area contributed by atoms with Crippen LogP contribution in [0.3, 0.4) is 0 Å². The summed E-state index contributed by atoms with van der Waals surface area (Å²) in [6.45, 7) is 5.45. The average molecular weight is 276 g/mol. The van der Waals surface area contributed by atoms with Gasteiger partial charge in [0, 0.05) is 12.5 Å². The Balaban J connectivity index is 1.99. The molecule has 1 aromatic rings. The third-order valence-electron chi connectivity index (χ3n) is 3.53. The van der Waals surface area contributed by atoms with Crippen LogP contribution in [0.5, 0.6) is 5.75 Å². The number of nitrogens with one attached hydrogen (secondary N) is 1. The lowest BCUT2D eigenvalue weighted by atomic mass is 9.96. The maximum absolute atomic E-state index is 13.9. The lowest BCUT2D eigenvalue weighted by Crippen LogP contribution is -2.45. The molecule has 20 heavy (non-hydrogen) atoms. The number of ether oxygens (including phenoxy) is 1. The van der Waals surface area contributed by atoms with Crippen LogP contribution in [-0.4, -0.2) is 17.7 Å². The van der Waals surface area contributed by atoms with Crippen LogP contribution >= 0.6 is 0 Å². The molecule has 3 nitrogen and oxygen atoms in total. The van der Waals surface area contributed by atoms with Gasteiger partial charge in [-0.25, -0.2) is 4.39 Å². The van der Waals surface area contributed by atoms with Gasteiger partial charge in [0.2, 0.25) is 0 Å². The Bertz CT molecular complexity index is 522. The molecular formula is C16H21FN2O. The number of hydrogen-bond acceptors (Lipinski definition) is 3. The fourth-order valence-corrected chi connectivity index (χ4v) is 2.36. The van der Waals surface area contributed by atoms with Gasteiger partial charge in [-0.1, -0.05) is 12.1 Å². The van der Waals surface area contributed by atoms with Crippen LogP contribution in [0.4, 0.5) is 4.39 Å². The summed E-state index contributed by atoms with van der Waals surface area (Å²) in [5.41, 5.74) is -0.0604. The van der Waals surface area contributed by atoms with Crippen molar-refractivity contribution in [1.82, 2.24) is 5.32 Å². The van der Waals surface area contributed by atoms with Crippen LogP contribution in [-0.2, 0) is 0 Å². The van der Waals surface area contributed by atoms with Gasteiger partial charge >= 0.3 is 0 Å². The highest BCUT2D eigenvalue weighted by atomic mass is 19.1. The van der Waals surface area contributed by atoms with Crippen molar-refractivity contribution < 1.29 is 9.13 Å². The van der Waals surface area contributed by atoms with Gasteiger partial charge in [-0.15, -0.1) is 0 Å². The Labute approximate surface area is 119 Å². The maximum atomic E-state index is 13.9. The van der Waals surface area contributed by atoms with E-state index in [-0.39, 0.29) is 17.7 Å². The second kappa shape index (κ2) is 5.80. The molecule has 108 valence electrons. The molecule has 0 saturated heterocycles. The number of hydrogen-bond donors (Lipinski definition) is 1. The number of rotatable bonds is 6. The number of benzene rings is 1. The van der Waals surface area contributed by atoms with E-state index in [2.05, 4.69) is 11.4 Å². The quantitative estimate of drug-likeness (QED) is 0.867. The highest BCUT2D eigenvalue weighted by Gasteiger charge is 2.34. The predicted molar refractivity (Wildman–Crippen MR) is 76.0 cm³/mol. The minimum atomic E-state index is -0.624. The molecule has 2 atom stereocenters. The van der Waals surface area contributed by atoms with Crippen molar-refractivity contribution in [2.75, 3.05) is 0 Å². The maximum Gasteiger partial charge on any atom is 0.167 e. The Hall–Kier alpha value is -1.60. The monoisotopic (exact) mass is 276 g/mol. The zero-order chi connectivity index (χ0) is 14.8. The van der Waals surface area contributed by atoms with Crippen molar-refractivity contribution in [3.63, 3.8) is 0 Å². The Kier molecular flexibility index (Phi) is 4.29. The van der Waals surface area contributed by atoms with Crippen LogP contribution in [0.2, 0.25) is 0 Å². The van der Waals surface area contributed by atoms with Gasteiger partial charge in [0.1, 0.15) is 5.54 Å². The molecule has 4 heteroatoms. The molecule has 0 spiro atoms. The molecule has 1 aliphatic carbocycles. The molecule has 1 saturated carbocycles. The van der Waals surface area contributed by atoms with Crippen molar-refractivity contribution in [1.29, 1.82) is 5.26 Å². The van der Waals surface area contributed by atoms with Gasteiger partial charge < -0.3 is 4.74 Å². The van der Waals surface area contributed by atoms with Gasteiger partial charge in [0.05, 0.1) is 12.2 Å². The van der Waals surface area contributed by atoms with Gasteiger partial charge in [-0.3, -0.25) is 5.32 Å². The van der Waals surface area contributed by atoms with E-state index in [9.17, 15) is 9.65 Å². The van der Waals surface area contributed by atoms with Crippen LogP contribution in [0, 0.1) is 24.1 Å². The summed E-state index contributed by atoms with van der Waals surface area (Å²) in [6, 6.07) is 7.86. The van der Waals surface area contributed by atoms with E-state index in [1.807, 2.05) is 13.8 Å². The lowest BCUT2D eigenvalue weighted by Gasteiger charge is -2.27. The first-order chi connectivity index (χ1) is 9.43. The predicted octanol–water partition coefficient (Wildman–Crippen LogP) is 3.33. The largest absolute Gasteiger partial charge is 0.488 e. The molecule has 1 N–H and O–H groups in total. The molecule has 2 rings (SSSR count). The number of aryl methyl sites for hydroxylation is 1. The van der Waals surface area contributed by atoms with E-state index < -0.39 is 5.54 Å². The molecule has 1 aliphatic rings. The fraction of sp³-hybridized carbons (Fsp3) is 0.562. The highest BCUT2D eigenvalue weighted by molar-refractivity contribution is 5.30. The SMILES string of the molecule is Cc1cccc(OC(C)CC(C)(C#N)NC2CC2)c1F. The smallest absolute Gasteiger partial charge is 0.167 e.